The molecule has 0 N–H and O–H groups in total. The van der Waals surface area contributed by atoms with E-state index in [1.807, 2.05) is 0 Å². The molecule has 1 atom stereocenters. The molecular weight excluding hydrogens is 336 g/mol. The molecule has 0 bridgehead atoms. The Balaban J connectivity index is 3.14. The highest BCUT2D eigenvalue weighted by Crippen LogP contribution is 2.15. The number of hydrogen-bond acceptors (Lipinski definition) is 4. The van der Waals surface area contributed by atoms with E-state index in [0.29, 0.717) is 6.42 Å². The Kier molecular flexibility index (Phi) is 17.2. The summed E-state index contributed by atoms with van der Waals surface area (Å²) in [5.74, 6) is 0. The molecule has 4 nitrogen and oxygen atoms in total. The van der Waals surface area contributed by atoms with Crippen molar-refractivity contribution in [2.75, 3.05) is 0 Å². The van der Waals surface area contributed by atoms with Crippen LogP contribution in [-0.2, 0) is 14.6 Å². The lowest BCUT2D eigenvalue weighted by Gasteiger charge is -2.14. The van der Waals surface area contributed by atoms with Crippen LogP contribution in [0.25, 0.3) is 0 Å². The van der Waals surface area contributed by atoms with Crippen LogP contribution in [0, 0.1) is 0 Å². The van der Waals surface area contributed by atoms with Crippen molar-refractivity contribution in [3.8, 4) is 0 Å². The zero-order chi connectivity index (χ0) is 18.8. The first-order valence-corrected chi connectivity index (χ1v) is 11.9. The Morgan fingerprint density at radius 1 is 0.680 bits per heavy atom. The Labute approximate surface area is 157 Å². The van der Waals surface area contributed by atoms with Gasteiger partial charge in [-0.05, 0) is 13.3 Å². The monoisotopic (exact) mass is 377 g/mol. The summed E-state index contributed by atoms with van der Waals surface area (Å²) in [6.07, 6.45) is 21.2. The third-order valence-electron chi connectivity index (χ3n) is 4.75. The van der Waals surface area contributed by atoms with Crippen molar-refractivity contribution in [1.29, 1.82) is 0 Å². The van der Waals surface area contributed by atoms with Crippen molar-refractivity contribution >= 4 is 10.4 Å². The lowest BCUT2D eigenvalue weighted by atomic mass is 10.0. The number of rotatable bonds is 19. The van der Waals surface area contributed by atoms with Gasteiger partial charge in [-0.1, -0.05) is 110 Å². The van der Waals surface area contributed by atoms with Gasteiger partial charge < -0.3 is 4.55 Å². The summed E-state index contributed by atoms with van der Waals surface area (Å²) in [6.45, 7) is 3.90. The highest BCUT2D eigenvalue weighted by atomic mass is 32.3. The van der Waals surface area contributed by atoms with Crippen molar-refractivity contribution in [2.45, 2.75) is 129 Å². The third-order valence-corrected chi connectivity index (χ3v) is 5.31. The fourth-order valence-corrected chi connectivity index (χ4v) is 3.73. The average Bonchev–Trinajstić information content (AvgIpc) is 2.53. The maximum Gasteiger partial charge on any atom is 0.217 e. The van der Waals surface area contributed by atoms with Gasteiger partial charge in [0, 0.05) is 0 Å². The minimum absolute atomic E-state index is 0.492. The van der Waals surface area contributed by atoms with Crippen molar-refractivity contribution < 1.29 is 17.2 Å². The smallest absolute Gasteiger partial charge is 0.217 e. The molecule has 0 saturated carbocycles. The normalized spacial score (nSPS) is 13.2. The van der Waals surface area contributed by atoms with E-state index >= 15 is 0 Å². The first-order valence-electron chi connectivity index (χ1n) is 10.6. The first kappa shape index (κ1) is 24.9. The lowest BCUT2D eigenvalue weighted by Crippen LogP contribution is -2.14. The third kappa shape index (κ3) is 21.8. The van der Waals surface area contributed by atoms with Gasteiger partial charge in [-0.3, -0.25) is 4.18 Å². The zero-order valence-corrected chi connectivity index (χ0v) is 17.5. The topological polar surface area (TPSA) is 66.4 Å². The van der Waals surface area contributed by atoms with Crippen LogP contribution >= 0.6 is 0 Å². The zero-order valence-electron chi connectivity index (χ0n) is 16.6. The molecule has 0 aliphatic heterocycles. The van der Waals surface area contributed by atoms with Gasteiger partial charge in [0.1, 0.15) is 0 Å². The van der Waals surface area contributed by atoms with E-state index in [1.54, 1.807) is 6.92 Å². The number of unbranched alkanes of at least 4 members (excludes halogenated alkanes) is 15. The minimum Gasteiger partial charge on any atom is -0.726 e. The van der Waals surface area contributed by atoms with Crippen molar-refractivity contribution in [3.05, 3.63) is 0 Å². The van der Waals surface area contributed by atoms with Gasteiger partial charge in [0.05, 0.1) is 6.10 Å². The van der Waals surface area contributed by atoms with Gasteiger partial charge >= 0.3 is 0 Å². The largest absolute Gasteiger partial charge is 0.726 e. The molecule has 0 aromatic carbocycles. The molecule has 0 aliphatic carbocycles. The molecule has 0 radical (unpaired) electrons. The summed E-state index contributed by atoms with van der Waals surface area (Å²) < 4.78 is 35.7. The van der Waals surface area contributed by atoms with E-state index in [4.69, 9.17) is 0 Å². The Hall–Kier alpha value is -0.130. The quantitative estimate of drug-likeness (QED) is 0.146. The molecule has 5 heteroatoms. The Bertz CT molecular complexity index is 368. The van der Waals surface area contributed by atoms with Crippen LogP contribution in [0.4, 0.5) is 0 Å². The predicted octanol–water partition coefficient (Wildman–Crippen LogP) is 6.50. The summed E-state index contributed by atoms with van der Waals surface area (Å²) in [4.78, 5) is 0. The van der Waals surface area contributed by atoms with Crippen molar-refractivity contribution in [3.63, 3.8) is 0 Å². The molecule has 0 amide bonds. The molecule has 152 valence electrons. The average molecular weight is 378 g/mol. The van der Waals surface area contributed by atoms with E-state index in [2.05, 4.69) is 11.1 Å². The van der Waals surface area contributed by atoms with Crippen LogP contribution < -0.4 is 0 Å². The van der Waals surface area contributed by atoms with Crippen LogP contribution in [-0.4, -0.2) is 19.1 Å². The summed E-state index contributed by atoms with van der Waals surface area (Å²) >= 11 is 0. The molecule has 0 aromatic heterocycles. The summed E-state index contributed by atoms with van der Waals surface area (Å²) in [7, 11) is -4.55. The molecule has 0 aromatic rings. The van der Waals surface area contributed by atoms with Crippen molar-refractivity contribution in [1.82, 2.24) is 0 Å². The second-order valence-electron chi connectivity index (χ2n) is 7.41. The predicted molar refractivity (Wildman–Crippen MR) is 104 cm³/mol. The maximum absolute atomic E-state index is 10.4. The summed E-state index contributed by atoms with van der Waals surface area (Å²) in [5, 5.41) is 0. The van der Waals surface area contributed by atoms with Gasteiger partial charge in [0.15, 0.2) is 0 Å². The van der Waals surface area contributed by atoms with Gasteiger partial charge in [-0.2, -0.15) is 0 Å². The summed E-state index contributed by atoms with van der Waals surface area (Å²) in [6, 6.07) is 0. The Morgan fingerprint density at radius 3 is 1.32 bits per heavy atom. The van der Waals surface area contributed by atoms with Gasteiger partial charge in [-0.15, -0.1) is 0 Å². The standard InChI is InChI=1S/C20H42O4S/c1-3-4-5-6-7-8-9-10-11-12-13-14-15-16-17-18-19-20(2)24-25(21,22)23/h20H,3-19H2,1-2H3,(H,21,22,23)/p-1. The SMILES string of the molecule is CCCCCCCCCCCCCCCCCCC(C)OS(=O)(=O)[O-]. The molecule has 1 unspecified atom stereocenters. The van der Waals surface area contributed by atoms with Crippen LogP contribution in [0.2, 0.25) is 0 Å². The molecule has 0 aliphatic rings. The molecule has 0 spiro atoms. The van der Waals surface area contributed by atoms with Crippen LogP contribution in [0.3, 0.4) is 0 Å². The molecule has 0 rings (SSSR count). The summed E-state index contributed by atoms with van der Waals surface area (Å²) in [5.41, 5.74) is 0. The number of hydrogen-bond donors (Lipinski definition) is 0. The minimum atomic E-state index is -4.55. The van der Waals surface area contributed by atoms with E-state index < -0.39 is 16.5 Å². The molecule has 0 saturated heterocycles. The van der Waals surface area contributed by atoms with Crippen molar-refractivity contribution in [2.24, 2.45) is 0 Å². The molecular formula is C20H41O4S-. The van der Waals surface area contributed by atoms with Crippen LogP contribution in [0.1, 0.15) is 123 Å². The lowest BCUT2D eigenvalue weighted by molar-refractivity contribution is 0.181. The highest BCUT2D eigenvalue weighted by Gasteiger charge is 2.05. The van der Waals surface area contributed by atoms with E-state index in [-0.39, 0.29) is 0 Å². The Morgan fingerprint density at radius 2 is 1.00 bits per heavy atom. The first-order chi connectivity index (χ1) is 12.0. The van der Waals surface area contributed by atoms with Crippen LogP contribution in [0.5, 0.6) is 0 Å². The second kappa shape index (κ2) is 17.3. The van der Waals surface area contributed by atoms with Gasteiger partial charge in [0.2, 0.25) is 10.4 Å². The van der Waals surface area contributed by atoms with Crippen LogP contribution in [0.15, 0.2) is 0 Å². The van der Waals surface area contributed by atoms with Gasteiger partial charge in [-0.25, -0.2) is 8.42 Å². The van der Waals surface area contributed by atoms with E-state index in [9.17, 15) is 13.0 Å². The second-order valence-corrected chi connectivity index (χ2v) is 8.42. The highest BCUT2D eigenvalue weighted by molar-refractivity contribution is 7.80. The van der Waals surface area contributed by atoms with E-state index in [1.165, 1.54) is 89.9 Å². The molecule has 0 heterocycles. The van der Waals surface area contributed by atoms with E-state index in [0.717, 1.165) is 12.8 Å². The molecule has 0 fully saturated rings. The fourth-order valence-electron chi connectivity index (χ4n) is 3.23. The fraction of sp³-hybridized carbons (Fsp3) is 1.00. The maximum atomic E-state index is 10.4. The molecule has 25 heavy (non-hydrogen) atoms. The van der Waals surface area contributed by atoms with Gasteiger partial charge in [0.25, 0.3) is 0 Å².